The van der Waals surface area contributed by atoms with Gasteiger partial charge in [0.2, 0.25) is 6.79 Å². The van der Waals surface area contributed by atoms with Gasteiger partial charge in [0.15, 0.2) is 11.5 Å². The highest BCUT2D eigenvalue weighted by Crippen LogP contribution is 2.34. The predicted molar refractivity (Wildman–Crippen MR) is 56.7 cm³/mol. The van der Waals surface area contributed by atoms with E-state index in [9.17, 15) is 0 Å². The molecule has 1 aromatic rings. The molecule has 6 heteroatoms. The molecule has 6 nitrogen and oxygen atoms in total. The van der Waals surface area contributed by atoms with Crippen molar-refractivity contribution >= 4 is 0 Å². The normalized spacial score (nSPS) is 12.0. The second-order valence-electron chi connectivity index (χ2n) is 3.17. The van der Waals surface area contributed by atoms with Crippen molar-refractivity contribution in [3.05, 3.63) is 28.6 Å². The van der Waals surface area contributed by atoms with Gasteiger partial charge >= 0.3 is 0 Å². The molecular weight excluding hydrogens is 210 g/mol. The minimum Gasteiger partial charge on any atom is -0.493 e. The Hall–Kier alpha value is -2.07. The molecule has 0 amide bonds. The van der Waals surface area contributed by atoms with Gasteiger partial charge in [0.25, 0.3) is 0 Å². The molecule has 1 heterocycles. The lowest BCUT2D eigenvalue weighted by atomic mass is 10.3. The Kier molecular flexibility index (Phi) is 3.35. The molecule has 0 aromatic heterocycles. The second-order valence-corrected chi connectivity index (χ2v) is 3.17. The highest BCUT2D eigenvalue weighted by Gasteiger charge is 2.13. The summed E-state index contributed by atoms with van der Waals surface area (Å²) in [6.45, 7) is 1.22. The van der Waals surface area contributed by atoms with Crippen LogP contribution in [0.2, 0.25) is 0 Å². The third-order valence-corrected chi connectivity index (χ3v) is 2.08. The molecule has 1 aliphatic heterocycles. The van der Waals surface area contributed by atoms with Crippen LogP contribution in [0.25, 0.3) is 10.4 Å². The Morgan fingerprint density at radius 2 is 2.25 bits per heavy atom. The lowest BCUT2D eigenvalue weighted by Crippen LogP contribution is -1.98. The fraction of sp³-hybridized carbons (Fsp3) is 0.400. The van der Waals surface area contributed by atoms with Crippen molar-refractivity contribution < 1.29 is 14.2 Å². The van der Waals surface area contributed by atoms with Crippen molar-refractivity contribution in [2.75, 3.05) is 19.9 Å². The summed E-state index contributed by atoms with van der Waals surface area (Å²) in [7, 11) is 0. The molecule has 0 aliphatic carbocycles. The summed E-state index contributed by atoms with van der Waals surface area (Å²) in [5.74, 6) is 2.17. The van der Waals surface area contributed by atoms with Gasteiger partial charge in [0.05, 0.1) is 6.61 Å². The standard InChI is InChI=1S/C10H11N3O3/c11-13-12-4-1-5-14-8-2-3-9-10(6-8)16-7-15-9/h2-3,6H,1,4-5,7H2. The van der Waals surface area contributed by atoms with Crippen LogP contribution in [0.3, 0.4) is 0 Å². The van der Waals surface area contributed by atoms with Crippen LogP contribution < -0.4 is 14.2 Å². The van der Waals surface area contributed by atoms with Gasteiger partial charge in [-0.05, 0) is 24.1 Å². The SMILES string of the molecule is [N-]=[N+]=NCCCOc1ccc2c(c1)OCO2. The summed E-state index contributed by atoms with van der Waals surface area (Å²) in [4.78, 5) is 2.66. The first-order valence-corrected chi connectivity index (χ1v) is 4.93. The minimum absolute atomic E-state index is 0.260. The Morgan fingerprint density at radius 3 is 3.12 bits per heavy atom. The van der Waals surface area contributed by atoms with E-state index in [1.54, 1.807) is 6.07 Å². The van der Waals surface area contributed by atoms with Crippen LogP contribution >= 0.6 is 0 Å². The summed E-state index contributed by atoms with van der Waals surface area (Å²) < 4.78 is 15.9. The van der Waals surface area contributed by atoms with E-state index >= 15 is 0 Å². The number of rotatable bonds is 5. The van der Waals surface area contributed by atoms with Crippen molar-refractivity contribution in [3.63, 3.8) is 0 Å². The fourth-order valence-electron chi connectivity index (χ4n) is 1.34. The Labute approximate surface area is 92.4 Å². The molecule has 1 aliphatic rings. The quantitative estimate of drug-likeness (QED) is 0.331. The van der Waals surface area contributed by atoms with E-state index in [4.69, 9.17) is 19.7 Å². The van der Waals surface area contributed by atoms with Gasteiger partial charge < -0.3 is 14.2 Å². The lowest BCUT2D eigenvalue weighted by Gasteiger charge is -2.05. The highest BCUT2D eigenvalue weighted by atomic mass is 16.7. The van der Waals surface area contributed by atoms with Crippen molar-refractivity contribution in [3.8, 4) is 17.2 Å². The molecule has 0 bridgehead atoms. The van der Waals surface area contributed by atoms with Crippen LogP contribution in [-0.2, 0) is 0 Å². The van der Waals surface area contributed by atoms with Gasteiger partial charge in [-0.25, -0.2) is 0 Å². The van der Waals surface area contributed by atoms with E-state index < -0.39 is 0 Å². The molecule has 84 valence electrons. The topological polar surface area (TPSA) is 76.5 Å². The summed E-state index contributed by atoms with van der Waals surface area (Å²) in [5, 5.41) is 3.42. The summed E-state index contributed by atoms with van der Waals surface area (Å²) in [6.07, 6.45) is 0.693. The van der Waals surface area contributed by atoms with Crippen LogP contribution in [-0.4, -0.2) is 19.9 Å². The second kappa shape index (κ2) is 5.14. The number of hydrogen-bond donors (Lipinski definition) is 0. The van der Waals surface area contributed by atoms with Crippen molar-refractivity contribution in [1.29, 1.82) is 0 Å². The summed E-state index contributed by atoms with van der Waals surface area (Å²) in [5.41, 5.74) is 8.08. The lowest BCUT2D eigenvalue weighted by molar-refractivity contribution is 0.173. The first-order valence-electron chi connectivity index (χ1n) is 4.93. The van der Waals surface area contributed by atoms with E-state index in [0.29, 0.717) is 25.3 Å². The van der Waals surface area contributed by atoms with Crippen LogP contribution in [0.1, 0.15) is 6.42 Å². The van der Waals surface area contributed by atoms with Gasteiger partial charge in [0.1, 0.15) is 5.75 Å². The Morgan fingerprint density at radius 1 is 1.38 bits per heavy atom. The maximum Gasteiger partial charge on any atom is 0.231 e. The molecule has 0 unspecified atom stereocenters. The van der Waals surface area contributed by atoms with E-state index in [0.717, 1.165) is 11.5 Å². The van der Waals surface area contributed by atoms with E-state index in [1.165, 1.54) is 0 Å². The molecular formula is C10H11N3O3. The largest absolute Gasteiger partial charge is 0.493 e. The maximum absolute atomic E-state index is 8.08. The van der Waals surface area contributed by atoms with Crippen molar-refractivity contribution in [2.45, 2.75) is 6.42 Å². The number of azide groups is 1. The monoisotopic (exact) mass is 221 g/mol. The highest BCUT2D eigenvalue weighted by molar-refractivity contribution is 5.46. The Balaban J connectivity index is 1.83. The summed E-state index contributed by atoms with van der Waals surface area (Å²) >= 11 is 0. The zero-order chi connectivity index (χ0) is 11.2. The van der Waals surface area contributed by atoms with Crippen molar-refractivity contribution in [1.82, 2.24) is 0 Å². The van der Waals surface area contributed by atoms with E-state index in [2.05, 4.69) is 10.0 Å². The molecule has 16 heavy (non-hydrogen) atoms. The van der Waals surface area contributed by atoms with Gasteiger partial charge in [-0.2, -0.15) is 0 Å². The van der Waals surface area contributed by atoms with Gasteiger partial charge in [-0.15, -0.1) is 0 Å². The van der Waals surface area contributed by atoms with Gasteiger partial charge in [-0.3, -0.25) is 0 Å². The molecule has 0 N–H and O–H groups in total. The Bertz CT molecular complexity index is 416. The van der Waals surface area contributed by atoms with Gasteiger partial charge in [0, 0.05) is 17.5 Å². The zero-order valence-electron chi connectivity index (χ0n) is 8.63. The van der Waals surface area contributed by atoms with E-state index in [1.807, 2.05) is 12.1 Å². The molecule has 2 rings (SSSR count). The average molecular weight is 221 g/mol. The maximum atomic E-state index is 8.08. The number of nitrogens with zero attached hydrogens (tertiary/aromatic N) is 3. The number of hydrogen-bond acceptors (Lipinski definition) is 4. The molecule has 0 radical (unpaired) electrons. The third-order valence-electron chi connectivity index (χ3n) is 2.08. The molecule has 0 saturated heterocycles. The van der Waals surface area contributed by atoms with Crippen molar-refractivity contribution in [2.24, 2.45) is 5.11 Å². The van der Waals surface area contributed by atoms with Crippen LogP contribution in [0.5, 0.6) is 17.2 Å². The smallest absolute Gasteiger partial charge is 0.231 e. The van der Waals surface area contributed by atoms with Gasteiger partial charge in [-0.1, -0.05) is 5.11 Å². The number of benzene rings is 1. The van der Waals surface area contributed by atoms with Crippen LogP contribution in [0.15, 0.2) is 23.3 Å². The fourth-order valence-corrected chi connectivity index (χ4v) is 1.34. The zero-order valence-corrected chi connectivity index (χ0v) is 8.63. The first kappa shape index (κ1) is 10.4. The molecule has 0 saturated carbocycles. The summed E-state index contributed by atoms with van der Waals surface area (Å²) in [6, 6.07) is 5.42. The average Bonchev–Trinajstić information content (AvgIpc) is 2.76. The number of ether oxygens (including phenoxy) is 3. The predicted octanol–water partition coefficient (Wildman–Crippen LogP) is 2.49. The molecule has 0 spiro atoms. The number of fused-ring (bicyclic) bond motifs is 1. The molecule has 0 fully saturated rings. The van der Waals surface area contributed by atoms with Crippen LogP contribution in [0, 0.1) is 0 Å². The van der Waals surface area contributed by atoms with E-state index in [-0.39, 0.29) is 6.79 Å². The third kappa shape index (κ3) is 2.49. The first-order chi connectivity index (χ1) is 7.90. The molecule has 0 atom stereocenters. The van der Waals surface area contributed by atoms with Crippen LogP contribution in [0.4, 0.5) is 0 Å². The molecule has 1 aromatic carbocycles. The minimum atomic E-state index is 0.260.